The number of carbonyl (C=O) groups is 2. The second kappa shape index (κ2) is 6.59. The van der Waals surface area contributed by atoms with E-state index in [1.54, 1.807) is 6.92 Å². The SMILES string of the molecule is CCNC(C)CC(=O)NC(C)C(=O)NC1CC1. The van der Waals surface area contributed by atoms with Crippen LogP contribution in [0.1, 0.15) is 40.0 Å². The Balaban J connectivity index is 2.21. The minimum Gasteiger partial charge on any atom is -0.352 e. The molecule has 2 unspecified atom stereocenters. The second-order valence-electron chi connectivity index (χ2n) is 4.73. The summed E-state index contributed by atoms with van der Waals surface area (Å²) in [5, 5.41) is 8.74. The van der Waals surface area contributed by atoms with Crippen LogP contribution < -0.4 is 16.0 Å². The highest BCUT2D eigenvalue weighted by Gasteiger charge is 2.26. The molecule has 1 aliphatic carbocycles. The van der Waals surface area contributed by atoms with Crippen LogP contribution in [0.3, 0.4) is 0 Å². The van der Waals surface area contributed by atoms with Crippen molar-refractivity contribution in [1.29, 1.82) is 0 Å². The maximum Gasteiger partial charge on any atom is 0.242 e. The van der Waals surface area contributed by atoms with E-state index in [1.807, 2.05) is 13.8 Å². The molecule has 0 aliphatic heterocycles. The minimum atomic E-state index is -0.447. The van der Waals surface area contributed by atoms with E-state index in [9.17, 15) is 9.59 Å². The zero-order valence-electron chi connectivity index (χ0n) is 10.9. The molecule has 0 aromatic carbocycles. The lowest BCUT2D eigenvalue weighted by Gasteiger charge is -2.16. The van der Waals surface area contributed by atoms with Crippen LogP contribution in [0.15, 0.2) is 0 Å². The van der Waals surface area contributed by atoms with E-state index in [4.69, 9.17) is 0 Å². The van der Waals surface area contributed by atoms with Gasteiger partial charge in [-0.1, -0.05) is 6.92 Å². The Kier molecular flexibility index (Phi) is 5.41. The summed E-state index contributed by atoms with van der Waals surface area (Å²) < 4.78 is 0. The van der Waals surface area contributed by atoms with Gasteiger partial charge in [-0.2, -0.15) is 0 Å². The van der Waals surface area contributed by atoms with Gasteiger partial charge in [-0.05, 0) is 33.2 Å². The molecular weight excluding hydrogens is 218 g/mol. The monoisotopic (exact) mass is 241 g/mol. The molecule has 0 radical (unpaired) electrons. The van der Waals surface area contributed by atoms with Crippen molar-refractivity contribution >= 4 is 11.8 Å². The smallest absolute Gasteiger partial charge is 0.242 e. The molecule has 0 spiro atoms. The van der Waals surface area contributed by atoms with Crippen LogP contribution in [0, 0.1) is 0 Å². The molecule has 0 aromatic rings. The molecule has 0 saturated heterocycles. The van der Waals surface area contributed by atoms with Crippen molar-refractivity contribution in [2.75, 3.05) is 6.54 Å². The number of hydrogen-bond donors (Lipinski definition) is 3. The van der Waals surface area contributed by atoms with Crippen LogP contribution >= 0.6 is 0 Å². The van der Waals surface area contributed by atoms with E-state index in [0.29, 0.717) is 12.5 Å². The van der Waals surface area contributed by atoms with Gasteiger partial charge < -0.3 is 16.0 Å². The molecule has 3 N–H and O–H groups in total. The van der Waals surface area contributed by atoms with E-state index in [1.165, 1.54) is 0 Å². The van der Waals surface area contributed by atoms with Gasteiger partial charge in [0.2, 0.25) is 11.8 Å². The van der Waals surface area contributed by atoms with E-state index in [-0.39, 0.29) is 17.9 Å². The summed E-state index contributed by atoms with van der Waals surface area (Å²) in [6, 6.07) is 0.0261. The molecular formula is C12H23N3O2. The van der Waals surface area contributed by atoms with Crippen molar-refractivity contribution in [3.63, 3.8) is 0 Å². The Bertz CT molecular complexity index is 277. The van der Waals surface area contributed by atoms with Crippen molar-refractivity contribution in [2.45, 2.75) is 58.2 Å². The van der Waals surface area contributed by atoms with E-state index in [0.717, 1.165) is 19.4 Å². The maximum atomic E-state index is 11.6. The molecule has 0 bridgehead atoms. The van der Waals surface area contributed by atoms with Crippen molar-refractivity contribution in [1.82, 2.24) is 16.0 Å². The Hall–Kier alpha value is -1.10. The van der Waals surface area contributed by atoms with Crippen molar-refractivity contribution in [3.05, 3.63) is 0 Å². The average Bonchev–Trinajstić information content (AvgIpc) is 3.01. The summed E-state index contributed by atoms with van der Waals surface area (Å²) in [4.78, 5) is 23.2. The highest BCUT2D eigenvalue weighted by atomic mass is 16.2. The van der Waals surface area contributed by atoms with Crippen LogP contribution in [0.5, 0.6) is 0 Å². The predicted octanol–water partition coefficient (Wildman–Crippen LogP) is 0.158. The molecule has 1 rings (SSSR count). The third kappa shape index (κ3) is 5.68. The number of nitrogens with one attached hydrogen (secondary N) is 3. The summed E-state index contributed by atoms with van der Waals surface area (Å²) in [7, 11) is 0. The number of carbonyl (C=O) groups excluding carboxylic acids is 2. The highest BCUT2D eigenvalue weighted by molar-refractivity contribution is 5.87. The van der Waals surface area contributed by atoms with Gasteiger partial charge in [0.25, 0.3) is 0 Å². The fraction of sp³-hybridized carbons (Fsp3) is 0.833. The fourth-order valence-corrected chi connectivity index (χ4v) is 1.62. The first kappa shape index (κ1) is 14.0. The molecule has 2 amide bonds. The van der Waals surface area contributed by atoms with Gasteiger partial charge in [-0.15, -0.1) is 0 Å². The molecule has 5 heteroatoms. The van der Waals surface area contributed by atoms with Crippen LogP contribution in [0.25, 0.3) is 0 Å². The van der Waals surface area contributed by atoms with Crippen LogP contribution in [0.4, 0.5) is 0 Å². The fourth-order valence-electron chi connectivity index (χ4n) is 1.62. The summed E-state index contributed by atoms with van der Waals surface area (Å²) in [5.41, 5.74) is 0. The molecule has 98 valence electrons. The van der Waals surface area contributed by atoms with Crippen LogP contribution in [0.2, 0.25) is 0 Å². The van der Waals surface area contributed by atoms with E-state index >= 15 is 0 Å². The Morgan fingerprint density at radius 1 is 1.29 bits per heavy atom. The lowest BCUT2D eigenvalue weighted by Crippen LogP contribution is -2.46. The molecule has 17 heavy (non-hydrogen) atoms. The van der Waals surface area contributed by atoms with Crippen molar-refractivity contribution in [2.24, 2.45) is 0 Å². The first-order chi connectivity index (χ1) is 8.02. The Morgan fingerprint density at radius 3 is 2.47 bits per heavy atom. The van der Waals surface area contributed by atoms with E-state index in [2.05, 4.69) is 16.0 Å². The number of hydrogen-bond acceptors (Lipinski definition) is 3. The zero-order chi connectivity index (χ0) is 12.8. The van der Waals surface area contributed by atoms with Gasteiger partial charge in [0.1, 0.15) is 6.04 Å². The standard InChI is InChI=1S/C12H23N3O2/c1-4-13-8(2)7-11(16)14-9(3)12(17)15-10-5-6-10/h8-10,13H,4-7H2,1-3H3,(H,14,16)(H,15,17). The third-order valence-corrected chi connectivity index (χ3v) is 2.74. The van der Waals surface area contributed by atoms with Gasteiger partial charge in [0, 0.05) is 18.5 Å². The predicted molar refractivity (Wildman–Crippen MR) is 66.5 cm³/mol. The van der Waals surface area contributed by atoms with Gasteiger partial charge in [0.05, 0.1) is 0 Å². The molecule has 1 fully saturated rings. The van der Waals surface area contributed by atoms with E-state index < -0.39 is 6.04 Å². The lowest BCUT2D eigenvalue weighted by molar-refractivity contribution is -0.128. The first-order valence-corrected chi connectivity index (χ1v) is 6.36. The van der Waals surface area contributed by atoms with Crippen molar-refractivity contribution in [3.8, 4) is 0 Å². The summed E-state index contributed by atoms with van der Waals surface area (Å²) in [6.07, 6.45) is 2.52. The molecule has 0 aromatic heterocycles. The maximum absolute atomic E-state index is 11.6. The molecule has 0 heterocycles. The largest absolute Gasteiger partial charge is 0.352 e. The third-order valence-electron chi connectivity index (χ3n) is 2.74. The van der Waals surface area contributed by atoms with Crippen LogP contribution in [-0.4, -0.2) is 36.5 Å². The Labute approximate surface area is 103 Å². The second-order valence-corrected chi connectivity index (χ2v) is 4.73. The molecule has 5 nitrogen and oxygen atoms in total. The average molecular weight is 241 g/mol. The minimum absolute atomic E-state index is 0.0862. The topological polar surface area (TPSA) is 70.2 Å². The van der Waals surface area contributed by atoms with Crippen molar-refractivity contribution < 1.29 is 9.59 Å². The molecule has 1 aliphatic rings. The number of rotatable bonds is 7. The zero-order valence-corrected chi connectivity index (χ0v) is 10.9. The highest BCUT2D eigenvalue weighted by Crippen LogP contribution is 2.18. The summed E-state index contributed by atoms with van der Waals surface area (Å²) in [5.74, 6) is -0.172. The van der Waals surface area contributed by atoms with Crippen LogP contribution in [-0.2, 0) is 9.59 Å². The summed E-state index contributed by atoms with van der Waals surface area (Å²) >= 11 is 0. The quantitative estimate of drug-likeness (QED) is 0.594. The summed E-state index contributed by atoms with van der Waals surface area (Å²) in [6.45, 7) is 6.51. The van der Waals surface area contributed by atoms with Gasteiger partial charge >= 0.3 is 0 Å². The van der Waals surface area contributed by atoms with Gasteiger partial charge in [0.15, 0.2) is 0 Å². The normalized spacial score (nSPS) is 18.3. The van der Waals surface area contributed by atoms with Gasteiger partial charge in [-0.3, -0.25) is 9.59 Å². The molecule has 1 saturated carbocycles. The Morgan fingerprint density at radius 2 is 1.94 bits per heavy atom. The lowest BCUT2D eigenvalue weighted by atomic mass is 10.2. The first-order valence-electron chi connectivity index (χ1n) is 6.36. The van der Waals surface area contributed by atoms with Gasteiger partial charge in [-0.25, -0.2) is 0 Å². The number of amides is 2. The molecule has 2 atom stereocenters.